The Labute approximate surface area is 245 Å². The molecule has 6 aromatic carbocycles. The van der Waals surface area contributed by atoms with Gasteiger partial charge in [-0.25, -0.2) is 0 Å². The minimum atomic E-state index is 0.942. The van der Waals surface area contributed by atoms with Gasteiger partial charge in [0.1, 0.15) is 0 Å². The van der Waals surface area contributed by atoms with E-state index < -0.39 is 0 Å². The van der Waals surface area contributed by atoms with E-state index in [9.17, 15) is 0 Å². The molecule has 0 fully saturated rings. The predicted octanol–water partition coefficient (Wildman–Crippen LogP) is 9.66. The van der Waals surface area contributed by atoms with Gasteiger partial charge in [0.05, 0.1) is 44.1 Å². The third-order valence-corrected chi connectivity index (χ3v) is 8.87. The summed E-state index contributed by atoms with van der Waals surface area (Å²) in [5.41, 5.74) is 12.2. The number of para-hydroxylation sites is 4. The Morgan fingerprint density at radius 1 is 0.419 bits per heavy atom. The molecule has 0 bridgehead atoms. The van der Waals surface area contributed by atoms with Gasteiger partial charge in [-0.1, -0.05) is 72.8 Å². The van der Waals surface area contributed by atoms with Crippen LogP contribution in [0.2, 0.25) is 0 Å². The Morgan fingerprint density at radius 3 is 1.47 bits per heavy atom. The van der Waals surface area contributed by atoms with Gasteiger partial charge in [0.15, 0.2) is 0 Å². The number of anilines is 3. The minimum Gasteiger partial charge on any atom is -0.310 e. The molecule has 5 heteroatoms. The van der Waals surface area contributed by atoms with Crippen molar-refractivity contribution in [1.29, 1.82) is 0 Å². The van der Waals surface area contributed by atoms with E-state index in [1.54, 1.807) is 0 Å². The SMILES string of the molecule is c1ccc(N(c2ccccc2)c2ccc3c(c2)n2c4ccccc4c4c5nccnc5c5c6ccccc6n3c5c42)cc1. The van der Waals surface area contributed by atoms with E-state index in [1.165, 1.54) is 27.3 Å². The van der Waals surface area contributed by atoms with Crippen LogP contribution in [0.15, 0.2) is 140 Å². The first-order valence-electron chi connectivity index (χ1n) is 14.5. The van der Waals surface area contributed by atoms with Gasteiger partial charge in [0.25, 0.3) is 0 Å². The number of nitrogens with zero attached hydrogens (tertiary/aromatic N) is 5. The summed E-state index contributed by atoms with van der Waals surface area (Å²) in [6.45, 7) is 0. The molecule has 0 saturated heterocycles. The van der Waals surface area contributed by atoms with Crippen LogP contribution in [-0.4, -0.2) is 18.8 Å². The minimum absolute atomic E-state index is 0.942. The lowest BCUT2D eigenvalue weighted by molar-refractivity contribution is 1.23. The van der Waals surface area contributed by atoms with E-state index in [1.807, 2.05) is 12.4 Å². The van der Waals surface area contributed by atoms with Crippen molar-refractivity contribution in [3.63, 3.8) is 0 Å². The largest absolute Gasteiger partial charge is 0.310 e. The zero-order chi connectivity index (χ0) is 28.1. The number of fused-ring (bicyclic) bond motifs is 12. The van der Waals surface area contributed by atoms with Crippen LogP contribution in [-0.2, 0) is 0 Å². The number of benzene rings is 6. The van der Waals surface area contributed by atoms with Crippen molar-refractivity contribution in [2.45, 2.75) is 0 Å². The van der Waals surface area contributed by atoms with Gasteiger partial charge in [-0.15, -0.1) is 0 Å². The molecule has 200 valence electrons. The standard InChI is InChI=1S/C38H23N5/c1-3-11-24(12-4-1)41(25-13-5-2-6-14-25)26-19-20-31-32(23-26)43-30-18-10-8-16-28(30)34-36-35(39-21-22-40-36)33-27-15-7-9-17-29(27)42(31)37(33)38(34)43/h1-23H. The molecule has 5 nitrogen and oxygen atoms in total. The van der Waals surface area contributed by atoms with Gasteiger partial charge in [0, 0.05) is 51.0 Å². The number of rotatable bonds is 3. The van der Waals surface area contributed by atoms with Crippen molar-refractivity contribution in [2.24, 2.45) is 0 Å². The quantitative estimate of drug-likeness (QED) is 0.206. The molecule has 10 aromatic rings. The van der Waals surface area contributed by atoms with Gasteiger partial charge in [-0.05, 0) is 54.6 Å². The Bertz CT molecular complexity index is 2620. The first kappa shape index (κ1) is 22.7. The van der Waals surface area contributed by atoms with Gasteiger partial charge in [0.2, 0.25) is 0 Å². The second-order valence-corrected chi connectivity index (χ2v) is 11.1. The molecule has 0 aliphatic heterocycles. The summed E-state index contributed by atoms with van der Waals surface area (Å²) in [7, 11) is 0. The molecule has 4 aromatic heterocycles. The van der Waals surface area contributed by atoms with Crippen molar-refractivity contribution in [2.75, 3.05) is 4.90 Å². The highest BCUT2D eigenvalue weighted by Gasteiger charge is 2.26. The zero-order valence-corrected chi connectivity index (χ0v) is 23.0. The van der Waals surface area contributed by atoms with Crippen LogP contribution in [0, 0.1) is 0 Å². The topological polar surface area (TPSA) is 37.8 Å². The van der Waals surface area contributed by atoms with Gasteiger partial charge >= 0.3 is 0 Å². The number of aromatic nitrogens is 4. The first-order valence-corrected chi connectivity index (χ1v) is 14.5. The normalized spacial score (nSPS) is 12.2. The molecule has 0 N–H and O–H groups in total. The lowest BCUT2D eigenvalue weighted by Crippen LogP contribution is -2.10. The van der Waals surface area contributed by atoms with Crippen molar-refractivity contribution in [1.82, 2.24) is 18.8 Å². The highest BCUT2D eigenvalue weighted by molar-refractivity contribution is 6.35. The van der Waals surface area contributed by atoms with E-state index >= 15 is 0 Å². The summed E-state index contributed by atoms with van der Waals surface area (Å²) in [4.78, 5) is 12.2. The molecule has 0 aliphatic rings. The molecule has 0 atom stereocenters. The first-order chi connectivity index (χ1) is 21.4. The fourth-order valence-electron chi connectivity index (χ4n) is 7.23. The van der Waals surface area contributed by atoms with E-state index in [0.717, 1.165) is 55.4 Å². The summed E-state index contributed by atoms with van der Waals surface area (Å²) < 4.78 is 4.89. The fourth-order valence-corrected chi connectivity index (χ4v) is 7.23. The van der Waals surface area contributed by atoms with Crippen LogP contribution in [0.5, 0.6) is 0 Å². The average Bonchev–Trinajstić information content (AvgIpc) is 3.61. The molecule has 4 heterocycles. The van der Waals surface area contributed by atoms with Gasteiger partial charge in [-0.3, -0.25) is 9.97 Å². The number of hydrogen-bond acceptors (Lipinski definition) is 3. The summed E-state index contributed by atoms with van der Waals surface area (Å²) in [6.07, 6.45) is 3.63. The van der Waals surface area contributed by atoms with Crippen LogP contribution < -0.4 is 4.90 Å². The molecular weight excluding hydrogens is 526 g/mol. The molecule has 0 spiro atoms. The lowest BCUT2D eigenvalue weighted by atomic mass is 10.1. The molecule has 43 heavy (non-hydrogen) atoms. The molecule has 0 amide bonds. The lowest BCUT2D eigenvalue weighted by Gasteiger charge is -2.26. The molecule has 0 saturated carbocycles. The Hall–Kier alpha value is -5.94. The predicted molar refractivity (Wildman–Crippen MR) is 177 cm³/mol. The molecular formula is C38H23N5. The Balaban J connectivity index is 1.46. The second kappa shape index (κ2) is 8.30. The molecule has 0 aliphatic carbocycles. The van der Waals surface area contributed by atoms with Crippen LogP contribution in [0.4, 0.5) is 17.1 Å². The summed E-state index contributed by atoms with van der Waals surface area (Å²) in [6, 6.07) is 45.4. The Kier molecular flexibility index (Phi) is 4.39. The fraction of sp³-hybridized carbons (Fsp3) is 0. The highest BCUT2D eigenvalue weighted by atomic mass is 15.1. The van der Waals surface area contributed by atoms with E-state index in [0.29, 0.717) is 0 Å². The molecule has 0 radical (unpaired) electrons. The van der Waals surface area contributed by atoms with Crippen molar-refractivity contribution in [3.8, 4) is 0 Å². The number of hydrogen-bond donors (Lipinski definition) is 0. The summed E-state index contributed by atoms with van der Waals surface area (Å²) in [5.74, 6) is 0. The second-order valence-electron chi connectivity index (χ2n) is 11.1. The summed E-state index contributed by atoms with van der Waals surface area (Å²) >= 11 is 0. The van der Waals surface area contributed by atoms with Crippen molar-refractivity contribution in [3.05, 3.63) is 140 Å². The third kappa shape index (κ3) is 2.90. The summed E-state index contributed by atoms with van der Waals surface area (Å²) in [5, 5.41) is 4.67. The van der Waals surface area contributed by atoms with Crippen LogP contribution in [0.3, 0.4) is 0 Å². The van der Waals surface area contributed by atoms with Crippen LogP contribution >= 0.6 is 0 Å². The Morgan fingerprint density at radius 2 is 0.907 bits per heavy atom. The smallest absolute Gasteiger partial charge is 0.0994 e. The van der Waals surface area contributed by atoms with Crippen molar-refractivity contribution >= 4 is 82.7 Å². The zero-order valence-electron chi connectivity index (χ0n) is 23.0. The maximum absolute atomic E-state index is 4.95. The molecule has 0 unspecified atom stereocenters. The van der Waals surface area contributed by atoms with Crippen LogP contribution in [0.25, 0.3) is 65.7 Å². The van der Waals surface area contributed by atoms with Crippen LogP contribution in [0.1, 0.15) is 0 Å². The van der Waals surface area contributed by atoms with E-state index in [4.69, 9.17) is 9.97 Å². The maximum atomic E-state index is 4.95. The van der Waals surface area contributed by atoms with Gasteiger partial charge < -0.3 is 13.7 Å². The van der Waals surface area contributed by atoms with Gasteiger partial charge in [-0.2, -0.15) is 0 Å². The maximum Gasteiger partial charge on any atom is 0.0994 e. The monoisotopic (exact) mass is 549 g/mol. The third-order valence-electron chi connectivity index (χ3n) is 8.87. The van der Waals surface area contributed by atoms with E-state index in [-0.39, 0.29) is 0 Å². The molecule has 10 rings (SSSR count). The van der Waals surface area contributed by atoms with Crippen molar-refractivity contribution < 1.29 is 0 Å². The highest BCUT2D eigenvalue weighted by Crippen LogP contribution is 2.46. The average molecular weight is 550 g/mol. The van der Waals surface area contributed by atoms with E-state index in [2.05, 4.69) is 141 Å².